The lowest BCUT2D eigenvalue weighted by molar-refractivity contribution is -0.196. The third-order valence-corrected chi connectivity index (χ3v) is 6.95. The molecule has 7 heteroatoms. The van der Waals surface area contributed by atoms with Crippen molar-refractivity contribution in [2.75, 3.05) is 39.7 Å². The zero-order valence-electron chi connectivity index (χ0n) is 19.2. The Morgan fingerprint density at radius 1 is 1.16 bits per heavy atom. The highest BCUT2D eigenvalue weighted by molar-refractivity contribution is 7.94. The van der Waals surface area contributed by atoms with Gasteiger partial charge in [0.25, 0.3) is 0 Å². The molecule has 1 aromatic rings. The summed E-state index contributed by atoms with van der Waals surface area (Å²) in [6, 6.07) is 4.23. The lowest BCUT2D eigenvalue weighted by Crippen LogP contribution is -2.40. The average Bonchev–Trinajstić information content (AvgIpc) is 2.80. The molecule has 0 saturated carbocycles. The van der Waals surface area contributed by atoms with E-state index < -0.39 is 0 Å². The van der Waals surface area contributed by atoms with E-state index in [4.69, 9.17) is 18.9 Å². The second-order valence-electron chi connectivity index (χ2n) is 8.67. The standard InChI is InChI=1S/C24H38FNO4S/c1-18(30-24-9-4-6-12-29-24)20(8-5-7-13-31-25)16-26-11-10-19-14-22(27-2)23(28-3)15-21(19)17-26/h14-15,18,20,24H,4-13,16-17H2,1-3H3/t18-,20?,24?/m1/s1. The van der Waals surface area contributed by atoms with Crippen molar-refractivity contribution in [3.63, 3.8) is 0 Å². The molecule has 3 atom stereocenters. The molecule has 0 aromatic heterocycles. The van der Waals surface area contributed by atoms with E-state index in [-0.39, 0.29) is 12.4 Å². The molecule has 1 saturated heterocycles. The number of benzene rings is 1. The van der Waals surface area contributed by atoms with E-state index in [1.807, 2.05) is 0 Å². The van der Waals surface area contributed by atoms with Gasteiger partial charge >= 0.3 is 0 Å². The minimum Gasteiger partial charge on any atom is -0.493 e. The third-order valence-electron chi connectivity index (χ3n) is 6.50. The smallest absolute Gasteiger partial charge is 0.161 e. The Balaban J connectivity index is 1.62. The molecular formula is C24H38FNO4S. The Morgan fingerprint density at radius 2 is 1.94 bits per heavy atom. The third kappa shape index (κ3) is 7.24. The number of methoxy groups -OCH3 is 2. The molecule has 1 fully saturated rings. The Morgan fingerprint density at radius 3 is 2.61 bits per heavy atom. The van der Waals surface area contributed by atoms with Gasteiger partial charge in [-0.2, -0.15) is 3.89 Å². The van der Waals surface area contributed by atoms with Crippen molar-refractivity contribution in [1.29, 1.82) is 0 Å². The molecule has 0 radical (unpaired) electrons. The van der Waals surface area contributed by atoms with Gasteiger partial charge in [-0.3, -0.25) is 4.90 Å². The number of ether oxygens (including phenoxy) is 4. The van der Waals surface area contributed by atoms with Crippen molar-refractivity contribution >= 4 is 12.1 Å². The van der Waals surface area contributed by atoms with Gasteiger partial charge in [0.2, 0.25) is 0 Å². The van der Waals surface area contributed by atoms with Crippen LogP contribution in [0.15, 0.2) is 12.1 Å². The molecule has 0 spiro atoms. The van der Waals surface area contributed by atoms with E-state index in [1.54, 1.807) is 14.2 Å². The van der Waals surface area contributed by atoms with E-state index in [1.165, 1.54) is 17.5 Å². The largest absolute Gasteiger partial charge is 0.493 e. The topological polar surface area (TPSA) is 40.2 Å². The fraction of sp³-hybridized carbons (Fsp3) is 0.750. The summed E-state index contributed by atoms with van der Waals surface area (Å²) in [5.74, 6) is 2.56. The van der Waals surface area contributed by atoms with Gasteiger partial charge < -0.3 is 18.9 Å². The summed E-state index contributed by atoms with van der Waals surface area (Å²) in [6.45, 7) is 5.87. The lowest BCUT2D eigenvalue weighted by atomic mass is 9.93. The van der Waals surface area contributed by atoms with E-state index in [2.05, 4.69) is 24.0 Å². The summed E-state index contributed by atoms with van der Waals surface area (Å²) in [5, 5.41) is 0. The molecule has 0 N–H and O–H groups in total. The van der Waals surface area contributed by atoms with Crippen LogP contribution in [0.2, 0.25) is 0 Å². The first-order chi connectivity index (χ1) is 15.1. The van der Waals surface area contributed by atoms with Crippen molar-refractivity contribution in [3.8, 4) is 11.5 Å². The van der Waals surface area contributed by atoms with Crippen molar-refractivity contribution in [2.24, 2.45) is 5.92 Å². The maximum atomic E-state index is 12.5. The fourth-order valence-corrected chi connectivity index (χ4v) is 4.95. The maximum absolute atomic E-state index is 12.5. The van der Waals surface area contributed by atoms with Crippen molar-refractivity contribution in [2.45, 2.75) is 70.8 Å². The molecule has 31 heavy (non-hydrogen) atoms. The van der Waals surface area contributed by atoms with Gasteiger partial charge in [-0.25, -0.2) is 0 Å². The molecule has 2 aliphatic rings. The molecule has 5 nitrogen and oxygen atoms in total. The highest BCUT2D eigenvalue weighted by Gasteiger charge is 2.27. The maximum Gasteiger partial charge on any atom is 0.161 e. The van der Waals surface area contributed by atoms with Gasteiger partial charge in [-0.15, -0.1) is 0 Å². The first kappa shape index (κ1) is 24.6. The minimum absolute atomic E-state index is 0.0774. The van der Waals surface area contributed by atoms with Gasteiger partial charge in [0.15, 0.2) is 17.8 Å². The van der Waals surface area contributed by atoms with Crippen LogP contribution in [0.5, 0.6) is 11.5 Å². The van der Waals surface area contributed by atoms with Crippen LogP contribution in [0.1, 0.15) is 56.6 Å². The first-order valence-corrected chi connectivity index (χ1v) is 12.5. The number of halogens is 1. The van der Waals surface area contributed by atoms with Crippen LogP contribution in [0.25, 0.3) is 0 Å². The summed E-state index contributed by atoms with van der Waals surface area (Å²) < 4.78 is 35.6. The lowest BCUT2D eigenvalue weighted by Gasteiger charge is -2.36. The van der Waals surface area contributed by atoms with E-state index in [0.29, 0.717) is 23.8 Å². The van der Waals surface area contributed by atoms with Crippen molar-refractivity contribution in [3.05, 3.63) is 23.3 Å². The van der Waals surface area contributed by atoms with E-state index >= 15 is 0 Å². The van der Waals surface area contributed by atoms with Crippen LogP contribution >= 0.6 is 12.1 Å². The predicted molar refractivity (Wildman–Crippen MR) is 124 cm³/mol. The predicted octanol–water partition coefficient (Wildman–Crippen LogP) is 5.40. The highest BCUT2D eigenvalue weighted by Crippen LogP contribution is 2.34. The van der Waals surface area contributed by atoms with Crippen LogP contribution in [0.4, 0.5) is 3.89 Å². The molecule has 3 rings (SSSR count). The molecule has 2 heterocycles. The molecular weight excluding hydrogens is 417 g/mol. The average molecular weight is 456 g/mol. The van der Waals surface area contributed by atoms with Gasteiger partial charge in [0.1, 0.15) is 0 Å². The zero-order valence-corrected chi connectivity index (χ0v) is 20.1. The number of unbranched alkanes of at least 4 members (excludes halogenated alkanes) is 1. The summed E-state index contributed by atoms with van der Waals surface area (Å²) in [7, 11) is 3.37. The normalized spacial score (nSPS) is 21.4. The number of hydrogen-bond acceptors (Lipinski definition) is 6. The molecule has 0 aliphatic carbocycles. The summed E-state index contributed by atoms with van der Waals surface area (Å²) >= 11 is 0.441. The Kier molecular flexibility index (Phi) is 10.2. The SMILES string of the molecule is COc1cc2c(cc1OC)CN(CC(CCCCSF)[C@@H](C)OC1CCCCO1)CC2. The molecule has 0 bridgehead atoms. The van der Waals surface area contributed by atoms with E-state index in [9.17, 15) is 3.89 Å². The number of fused-ring (bicyclic) bond motifs is 1. The van der Waals surface area contributed by atoms with Crippen LogP contribution in [0, 0.1) is 5.92 Å². The monoisotopic (exact) mass is 455 g/mol. The molecule has 176 valence electrons. The molecule has 1 aromatic carbocycles. The van der Waals surface area contributed by atoms with Gasteiger partial charge in [0.05, 0.1) is 20.3 Å². The van der Waals surface area contributed by atoms with Crippen LogP contribution in [-0.4, -0.2) is 57.0 Å². The Bertz CT molecular complexity index is 671. The first-order valence-electron chi connectivity index (χ1n) is 11.6. The van der Waals surface area contributed by atoms with Crippen molar-refractivity contribution < 1.29 is 22.8 Å². The molecule has 0 amide bonds. The minimum atomic E-state index is -0.0774. The second-order valence-corrected chi connectivity index (χ2v) is 9.29. The summed E-state index contributed by atoms with van der Waals surface area (Å²) in [4.78, 5) is 2.52. The highest BCUT2D eigenvalue weighted by atomic mass is 32.2. The Hall–Kier alpha value is -1.02. The number of hydrogen-bond donors (Lipinski definition) is 0. The Labute approximate surface area is 191 Å². The second kappa shape index (κ2) is 12.9. The summed E-state index contributed by atoms with van der Waals surface area (Å²) in [5.41, 5.74) is 2.64. The van der Waals surface area contributed by atoms with E-state index in [0.717, 1.165) is 76.3 Å². The number of rotatable bonds is 12. The molecule has 2 aliphatic heterocycles. The zero-order chi connectivity index (χ0) is 22.1. The number of nitrogens with zero attached hydrogens (tertiary/aromatic N) is 1. The van der Waals surface area contributed by atoms with Crippen LogP contribution in [0.3, 0.4) is 0 Å². The van der Waals surface area contributed by atoms with Crippen molar-refractivity contribution in [1.82, 2.24) is 4.90 Å². The van der Waals surface area contributed by atoms with Gasteiger partial charge in [0, 0.05) is 44.1 Å². The summed E-state index contributed by atoms with van der Waals surface area (Å²) in [6.07, 6.45) is 7.30. The van der Waals surface area contributed by atoms with Gasteiger partial charge in [-0.1, -0.05) is 6.42 Å². The van der Waals surface area contributed by atoms with Gasteiger partial charge in [-0.05, 0) is 74.6 Å². The quantitative estimate of drug-likeness (QED) is 0.393. The van der Waals surface area contributed by atoms with Crippen LogP contribution < -0.4 is 9.47 Å². The van der Waals surface area contributed by atoms with Crippen LogP contribution in [-0.2, 0) is 22.4 Å². The molecule has 2 unspecified atom stereocenters. The fourth-order valence-electron chi connectivity index (χ4n) is 4.64.